The Morgan fingerprint density at radius 3 is 1.95 bits per heavy atom. The van der Waals surface area contributed by atoms with Crippen molar-refractivity contribution in [2.45, 2.75) is 95.5 Å². The van der Waals surface area contributed by atoms with E-state index < -0.39 is 71.7 Å². The normalized spacial score (nSPS) is 14.2. The molecule has 1 heterocycles. The summed E-state index contributed by atoms with van der Waals surface area (Å²) in [6, 6.07) is 16.5. The first-order chi connectivity index (χ1) is 28.3. The molecule has 4 rings (SSSR count). The number of phenolic OH excluding ortho intramolecular Hbond substituents is 1. The Kier molecular flexibility index (Phi) is 17.3. The zero-order valence-corrected chi connectivity index (χ0v) is 33.8. The largest absolute Gasteiger partial charge is 0.508 e. The van der Waals surface area contributed by atoms with Gasteiger partial charge in [-0.05, 0) is 86.7 Å². The number of hydrogen-bond acceptors (Lipinski definition) is 9. The number of nitrogens with zero attached hydrogens (tertiary/aromatic N) is 1. The van der Waals surface area contributed by atoms with Gasteiger partial charge in [0.2, 0.25) is 29.5 Å². The number of carbonyl (C=O) groups excluding carboxylic acids is 6. The lowest BCUT2D eigenvalue weighted by molar-refractivity contribution is -0.135. The smallest absolute Gasteiger partial charge is 0.245 e. The number of hydrogen-bond donors (Lipinski definition) is 8. The van der Waals surface area contributed by atoms with Gasteiger partial charge < -0.3 is 47.2 Å². The summed E-state index contributed by atoms with van der Waals surface area (Å²) in [5.74, 6) is -3.47. The number of aromatic nitrogens is 1. The Balaban J connectivity index is 1.60. The van der Waals surface area contributed by atoms with E-state index in [1.165, 1.54) is 19.1 Å². The molecule has 3 aromatic carbocycles. The molecule has 5 amide bonds. The maximum Gasteiger partial charge on any atom is 0.245 e. The minimum atomic E-state index is -1.24. The van der Waals surface area contributed by atoms with Crippen LogP contribution >= 0.6 is 0 Å². The molecule has 0 radical (unpaired) electrons. The van der Waals surface area contributed by atoms with Crippen molar-refractivity contribution in [1.29, 1.82) is 0 Å². The number of aliphatic imine (C=N–C) groups is 1. The molecule has 314 valence electrons. The van der Waals surface area contributed by atoms with E-state index in [4.69, 9.17) is 5.73 Å². The van der Waals surface area contributed by atoms with Crippen molar-refractivity contribution in [2.24, 2.45) is 16.6 Å². The standard InChI is InChI=1S/C44H56N8O7/c1-27(2)39(44(59)48-32(26-53)22-29-12-6-5-7-13-29)52-41(56)36(16-10-11-21-45)49-43(58)38(24-31-25-47-35-15-9-8-14-34(31)35)51-42(57)37(50-40(55)28(3)46-4)23-30-17-19-33(54)20-18-30/h5-9,12-15,17-20,25-28,32,36-39,47,54H,4,10-11,16,21-24,45H2,1-3H3,(H,48,59)(H,49,58)(H,50,55)(H,51,57)(H,52,56). The second-order valence-corrected chi connectivity index (χ2v) is 14.9. The van der Waals surface area contributed by atoms with Crippen LogP contribution in [0.3, 0.4) is 0 Å². The monoisotopic (exact) mass is 808 g/mol. The van der Waals surface area contributed by atoms with Gasteiger partial charge in [0, 0.05) is 29.9 Å². The van der Waals surface area contributed by atoms with Crippen LogP contribution in [0.15, 0.2) is 90.1 Å². The fraction of sp³-hybridized carbons (Fsp3) is 0.386. The van der Waals surface area contributed by atoms with E-state index in [0.717, 1.165) is 16.5 Å². The number of unbranched alkanes of at least 4 members (excludes halogenated alkanes) is 1. The van der Waals surface area contributed by atoms with E-state index in [9.17, 15) is 33.9 Å². The minimum Gasteiger partial charge on any atom is -0.508 e. The van der Waals surface area contributed by atoms with Crippen molar-refractivity contribution in [3.05, 3.63) is 102 Å². The predicted octanol–water partition coefficient (Wildman–Crippen LogP) is 2.40. The van der Waals surface area contributed by atoms with E-state index in [-0.39, 0.29) is 31.4 Å². The van der Waals surface area contributed by atoms with Crippen molar-refractivity contribution in [2.75, 3.05) is 6.54 Å². The van der Waals surface area contributed by atoms with Crippen LogP contribution in [0, 0.1) is 5.92 Å². The van der Waals surface area contributed by atoms with Crippen LogP contribution in [0.25, 0.3) is 10.9 Å². The van der Waals surface area contributed by atoms with Gasteiger partial charge in [-0.15, -0.1) is 0 Å². The number of aldehydes is 1. The second kappa shape index (κ2) is 22.6. The molecule has 0 spiro atoms. The van der Waals surface area contributed by atoms with E-state index in [2.05, 4.69) is 43.3 Å². The van der Waals surface area contributed by atoms with E-state index in [1.807, 2.05) is 54.6 Å². The number of benzene rings is 3. The number of rotatable bonds is 23. The van der Waals surface area contributed by atoms with Gasteiger partial charge in [0.1, 0.15) is 42.2 Å². The molecule has 59 heavy (non-hydrogen) atoms. The summed E-state index contributed by atoms with van der Waals surface area (Å²) >= 11 is 0. The number of aromatic amines is 1. The Hall–Kier alpha value is -6.35. The molecule has 15 heteroatoms. The molecular formula is C44H56N8O7. The molecule has 0 aliphatic heterocycles. The third-order valence-corrected chi connectivity index (χ3v) is 10.0. The number of aromatic hydroxyl groups is 1. The summed E-state index contributed by atoms with van der Waals surface area (Å²) in [6.45, 7) is 8.82. The number of carbonyl (C=O) groups is 6. The summed E-state index contributed by atoms with van der Waals surface area (Å²) in [6.07, 6.45) is 3.88. The predicted molar refractivity (Wildman–Crippen MR) is 226 cm³/mol. The zero-order valence-electron chi connectivity index (χ0n) is 33.8. The average Bonchev–Trinajstić information content (AvgIpc) is 3.64. The van der Waals surface area contributed by atoms with Crippen LogP contribution in [0.5, 0.6) is 5.75 Å². The third kappa shape index (κ3) is 13.6. The fourth-order valence-corrected chi connectivity index (χ4v) is 6.55. The first-order valence-electron chi connectivity index (χ1n) is 19.8. The highest BCUT2D eigenvalue weighted by Crippen LogP contribution is 2.20. The maximum absolute atomic E-state index is 14.4. The highest BCUT2D eigenvalue weighted by atomic mass is 16.3. The molecule has 6 atom stereocenters. The van der Waals surface area contributed by atoms with Gasteiger partial charge in [-0.2, -0.15) is 0 Å². The molecule has 15 nitrogen and oxygen atoms in total. The highest BCUT2D eigenvalue weighted by molar-refractivity contribution is 5.97. The van der Waals surface area contributed by atoms with Crippen molar-refractivity contribution < 1.29 is 33.9 Å². The van der Waals surface area contributed by atoms with Crippen LogP contribution < -0.4 is 32.3 Å². The molecule has 1 aromatic heterocycles. The van der Waals surface area contributed by atoms with Crippen LogP contribution in [-0.2, 0) is 48.0 Å². The molecule has 0 bridgehead atoms. The number of amides is 5. The Morgan fingerprint density at radius 2 is 1.31 bits per heavy atom. The van der Waals surface area contributed by atoms with E-state index in [1.54, 1.807) is 32.2 Å². The van der Waals surface area contributed by atoms with Gasteiger partial charge in [-0.25, -0.2) is 0 Å². The summed E-state index contributed by atoms with van der Waals surface area (Å²) in [5.41, 5.74) is 8.78. The summed E-state index contributed by atoms with van der Waals surface area (Å²) in [7, 11) is 0. The third-order valence-electron chi connectivity index (χ3n) is 10.0. The van der Waals surface area contributed by atoms with Crippen LogP contribution in [0.1, 0.15) is 56.7 Å². The SMILES string of the molecule is C=NC(C)C(=O)NC(Cc1ccc(O)cc1)C(=O)NC(Cc1c[nH]c2ccccc12)C(=O)NC(CCCCN)C(=O)NC(C(=O)NC(C=O)Cc1ccccc1)C(C)C. The fourth-order valence-electron chi connectivity index (χ4n) is 6.55. The van der Waals surface area contributed by atoms with Gasteiger partial charge in [0.25, 0.3) is 0 Å². The van der Waals surface area contributed by atoms with Gasteiger partial charge in [-0.1, -0.05) is 74.5 Å². The molecule has 0 saturated carbocycles. The van der Waals surface area contributed by atoms with Gasteiger partial charge >= 0.3 is 0 Å². The van der Waals surface area contributed by atoms with Gasteiger partial charge in [-0.3, -0.25) is 29.0 Å². The number of fused-ring (bicyclic) bond motifs is 1. The molecular weight excluding hydrogens is 753 g/mol. The van der Waals surface area contributed by atoms with Crippen molar-refractivity contribution in [1.82, 2.24) is 31.6 Å². The van der Waals surface area contributed by atoms with Crippen LogP contribution in [0.4, 0.5) is 0 Å². The van der Waals surface area contributed by atoms with Crippen molar-refractivity contribution >= 4 is 53.4 Å². The molecule has 0 aliphatic carbocycles. The molecule has 0 fully saturated rings. The quantitative estimate of drug-likeness (QED) is 0.0314. The maximum atomic E-state index is 14.4. The van der Waals surface area contributed by atoms with Crippen LogP contribution in [-0.4, -0.2) is 95.4 Å². The summed E-state index contributed by atoms with van der Waals surface area (Å²) in [4.78, 5) is 88.1. The van der Waals surface area contributed by atoms with E-state index >= 15 is 0 Å². The Labute approximate surface area is 344 Å². The first-order valence-corrected chi connectivity index (χ1v) is 19.8. The summed E-state index contributed by atoms with van der Waals surface area (Å²) in [5, 5.41) is 24.5. The van der Waals surface area contributed by atoms with Gasteiger partial charge in [0.15, 0.2) is 0 Å². The summed E-state index contributed by atoms with van der Waals surface area (Å²) < 4.78 is 0. The number of H-pyrrole nitrogens is 1. The lowest BCUT2D eigenvalue weighted by atomic mass is 9.99. The molecule has 9 N–H and O–H groups in total. The Morgan fingerprint density at radius 1 is 0.712 bits per heavy atom. The van der Waals surface area contributed by atoms with Crippen molar-refractivity contribution in [3.63, 3.8) is 0 Å². The first kappa shape index (κ1) is 45.4. The van der Waals surface area contributed by atoms with E-state index in [0.29, 0.717) is 36.8 Å². The number of nitrogens with two attached hydrogens (primary N) is 1. The highest BCUT2D eigenvalue weighted by Gasteiger charge is 2.33. The topological polar surface area (TPSA) is 237 Å². The molecule has 0 saturated heterocycles. The minimum absolute atomic E-state index is 0.00867. The lowest BCUT2D eigenvalue weighted by Crippen LogP contribution is -2.60. The Bertz CT molecular complexity index is 2040. The lowest BCUT2D eigenvalue weighted by Gasteiger charge is -2.28. The number of nitrogens with one attached hydrogen (secondary N) is 6. The number of phenols is 1. The zero-order chi connectivity index (χ0) is 42.9. The molecule has 4 aromatic rings. The van der Waals surface area contributed by atoms with Crippen molar-refractivity contribution in [3.8, 4) is 5.75 Å². The molecule has 6 unspecified atom stereocenters. The molecule has 0 aliphatic rings. The number of para-hydroxylation sites is 1. The second-order valence-electron chi connectivity index (χ2n) is 14.9. The van der Waals surface area contributed by atoms with Gasteiger partial charge in [0.05, 0.1) is 6.04 Å². The average molecular weight is 809 g/mol. The van der Waals surface area contributed by atoms with Crippen LogP contribution in [0.2, 0.25) is 0 Å².